The topological polar surface area (TPSA) is 35.5 Å². The SMILES string of the molecule is CCOC1C[C@H]2C(=O)CCC[C@H]2O1. The lowest BCUT2D eigenvalue weighted by Gasteiger charge is -2.21. The van der Waals surface area contributed by atoms with E-state index >= 15 is 0 Å². The van der Waals surface area contributed by atoms with Gasteiger partial charge in [0.05, 0.1) is 6.10 Å². The van der Waals surface area contributed by atoms with Gasteiger partial charge in [0.2, 0.25) is 0 Å². The van der Waals surface area contributed by atoms with Crippen LogP contribution >= 0.6 is 0 Å². The minimum absolute atomic E-state index is 0.123. The Labute approximate surface area is 78.4 Å². The predicted molar refractivity (Wildman–Crippen MR) is 47.3 cm³/mol. The summed E-state index contributed by atoms with van der Waals surface area (Å²) < 4.78 is 11.0. The highest BCUT2D eigenvalue weighted by Crippen LogP contribution is 2.35. The second kappa shape index (κ2) is 3.76. The summed E-state index contributed by atoms with van der Waals surface area (Å²) in [5, 5.41) is 0. The molecule has 2 aliphatic rings. The zero-order chi connectivity index (χ0) is 9.26. The first-order valence-corrected chi connectivity index (χ1v) is 5.11. The van der Waals surface area contributed by atoms with Gasteiger partial charge < -0.3 is 9.47 Å². The number of carbonyl (C=O) groups is 1. The lowest BCUT2D eigenvalue weighted by Crippen LogP contribution is -2.28. The molecule has 1 unspecified atom stereocenters. The molecule has 0 bridgehead atoms. The van der Waals surface area contributed by atoms with Crippen molar-refractivity contribution >= 4 is 5.78 Å². The van der Waals surface area contributed by atoms with Crippen LogP contribution in [0.4, 0.5) is 0 Å². The van der Waals surface area contributed by atoms with Gasteiger partial charge in [-0.05, 0) is 19.8 Å². The van der Waals surface area contributed by atoms with Crippen molar-refractivity contribution in [1.29, 1.82) is 0 Å². The number of Topliss-reactive ketones (excluding diaryl/α,β-unsaturated/α-hetero) is 1. The maximum absolute atomic E-state index is 11.5. The van der Waals surface area contributed by atoms with E-state index in [0.29, 0.717) is 12.4 Å². The minimum Gasteiger partial charge on any atom is -0.353 e. The fourth-order valence-corrected chi connectivity index (χ4v) is 2.27. The van der Waals surface area contributed by atoms with Crippen molar-refractivity contribution in [3.05, 3.63) is 0 Å². The van der Waals surface area contributed by atoms with Gasteiger partial charge >= 0.3 is 0 Å². The van der Waals surface area contributed by atoms with Gasteiger partial charge in [0.15, 0.2) is 6.29 Å². The van der Waals surface area contributed by atoms with Crippen molar-refractivity contribution < 1.29 is 14.3 Å². The predicted octanol–water partition coefficient (Wildman–Crippen LogP) is 1.51. The fourth-order valence-electron chi connectivity index (χ4n) is 2.27. The van der Waals surface area contributed by atoms with E-state index in [-0.39, 0.29) is 18.3 Å². The molecule has 0 aromatic carbocycles. The molecule has 3 atom stereocenters. The second-order valence-electron chi connectivity index (χ2n) is 3.76. The molecule has 1 aliphatic carbocycles. The van der Waals surface area contributed by atoms with Gasteiger partial charge in [-0.3, -0.25) is 4.79 Å². The first kappa shape index (κ1) is 9.16. The Balaban J connectivity index is 1.96. The van der Waals surface area contributed by atoms with Crippen LogP contribution < -0.4 is 0 Å². The van der Waals surface area contributed by atoms with Gasteiger partial charge in [-0.1, -0.05) is 0 Å². The second-order valence-corrected chi connectivity index (χ2v) is 3.76. The standard InChI is InChI=1S/C10H16O3/c1-2-12-10-6-7-8(11)4-3-5-9(7)13-10/h7,9-10H,2-6H2,1H3/t7-,9+,10?/m0/s1. The normalized spacial score (nSPS) is 39.2. The summed E-state index contributed by atoms with van der Waals surface area (Å²) in [4.78, 5) is 11.5. The number of fused-ring (bicyclic) bond motifs is 1. The van der Waals surface area contributed by atoms with Crippen LogP contribution in [0.1, 0.15) is 32.6 Å². The van der Waals surface area contributed by atoms with E-state index in [9.17, 15) is 4.79 Å². The van der Waals surface area contributed by atoms with Crippen LogP contribution in [-0.2, 0) is 14.3 Å². The van der Waals surface area contributed by atoms with E-state index in [1.54, 1.807) is 0 Å². The lowest BCUT2D eigenvalue weighted by atomic mass is 9.85. The fraction of sp³-hybridized carbons (Fsp3) is 0.900. The average molecular weight is 184 g/mol. The Hall–Kier alpha value is -0.410. The number of ketones is 1. The Morgan fingerprint density at radius 3 is 3.15 bits per heavy atom. The van der Waals surface area contributed by atoms with E-state index in [0.717, 1.165) is 25.7 Å². The van der Waals surface area contributed by atoms with Crippen LogP contribution in [0.5, 0.6) is 0 Å². The summed E-state index contributed by atoms with van der Waals surface area (Å²) >= 11 is 0. The highest BCUT2D eigenvalue weighted by Gasteiger charge is 2.41. The van der Waals surface area contributed by atoms with Gasteiger partial charge in [-0.25, -0.2) is 0 Å². The van der Waals surface area contributed by atoms with Gasteiger partial charge in [-0.15, -0.1) is 0 Å². The zero-order valence-corrected chi connectivity index (χ0v) is 7.99. The quantitative estimate of drug-likeness (QED) is 0.652. The van der Waals surface area contributed by atoms with E-state index in [1.807, 2.05) is 6.92 Å². The maximum atomic E-state index is 11.5. The monoisotopic (exact) mass is 184 g/mol. The summed E-state index contributed by atoms with van der Waals surface area (Å²) in [5.74, 6) is 0.503. The van der Waals surface area contributed by atoms with Crippen LogP contribution in [0.15, 0.2) is 0 Å². The molecule has 1 saturated carbocycles. The lowest BCUT2D eigenvalue weighted by molar-refractivity contribution is -0.138. The molecule has 3 heteroatoms. The van der Waals surface area contributed by atoms with Crippen molar-refractivity contribution in [3.8, 4) is 0 Å². The largest absolute Gasteiger partial charge is 0.353 e. The molecular formula is C10H16O3. The first-order chi connectivity index (χ1) is 6.31. The van der Waals surface area contributed by atoms with E-state index < -0.39 is 0 Å². The maximum Gasteiger partial charge on any atom is 0.158 e. The van der Waals surface area contributed by atoms with Crippen molar-refractivity contribution in [1.82, 2.24) is 0 Å². The molecule has 74 valence electrons. The van der Waals surface area contributed by atoms with Gasteiger partial charge in [0.25, 0.3) is 0 Å². The number of carbonyl (C=O) groups excluding carboxylic acids is 1. The average Bonchev–Trinajstić information content (AvgIpc) is 2.49. The smallest absolute Gasteiger partial charge is 0.158 e. The molecule has 0 aromatic heterocycles. The minimum atomic E-state index is -0.123. The molecular weight excluding hydrogens is 168 g/mol. The molecule has 1 heterocycles. The third-order valence-electron chi connectivity index (χ3n) is 2.90. The Bertz CT molecular complexity index is 202. The third-order valence-corrected chi connectivity index (χ3v) is 2.90. The molecule has 3 nitrogen and oxygen atoms in total. The molecule has 1 saturated heterocycles. The van der Waals surface area contributed by atoms with Gasteiger partial charge in [0, 0.05) is 25.4 Å². The summed E-state index contributed by atoms with van der Waals surface area (Å²) in [7, 11) is 0. The number of hydrogen-bond donors (Lipinski definition) is 0. The Morgan fingerprint density at radius 1 is 1.62 bits per heavy atom. The van der Waals surface area contributed by atoms with Crippen LogP contribution in [0, 0.1) is 5.92 Å². The number of hydrogen-bond acceptors (Lipinski definition) is 3. The van der Waals surface area contributed by atoms with Crippen molar-refractivity contribution in [2.75, 3.05) is 6.61 Å². The molecule has 0 amide bonds. The molecule has 2 fully saturated rings. The van der Waals surface area contributed by atoms with Crippen LogP contribution in [0.3, 0.4) is 0 Å². The Kier molecular flexibility index (Phi) is 2.65. The molecule has 0 aromatic rings. The van der Waals surface area contributed by atoms with Crippen LogP contribution in [0.2, 0.25) is 0 Å². The first-order valence-electron chi connectivity index (χ1n) is 5.11. The Morgan fingerprint density at radius 2 is 2.46 bits per heavy atom. The van der Waals surface area contributed by atoms with Gasteiger partial charge in [0.1, 0.15) is 5.78 Å². The molecule has 2 rings (SSSR count). The van der Waals surface area contributed by atoms with Gasteiger partial charge in [-0.2, -0.15) is 0 Å². The van der Waals surface area contributed by atoms with Crippen LogP contribution in [-0.4, -0.2) is 24.8 Å². The molecule has 0 spiro atoms. The molecule has 0 N–H and O–H groups in total. The van der Waals surface area contributed by atoms with E-state index in [2.05, 4.69) is 0 Å². The number of ether oxygens (including phenoxy) is 2. The molecule has 1 aliphatic heterocycles. The van der Waals surface area contributed by atoms with E-state index in [1.165, 1.54) is 0 Å². The molecule has 0 radical (unpaired) electrons. The summed E-state index contributed by atoms with van der Waals surface area (Å²) in [6.45, 7) is 2.62. The van der Waals surface area contributed by atoms with Crippen molar-refractivity contribution in [2.24, 2.45) is 5.92 Å². The number of rotatable bonds is 2. The van der Waals surface area contributed by atoms with E-state index in [4.69, 9.17) is 9.47 Å². The highest BCUT2D eigenvalue weighted by molar-refractivity contribution is 5.82. The summed E-state index contributed by atoms with van der Waals surface area (Å²) in [5.41, 5.74) is 0. The summed E-state index contributed by atoms with van der Waals surface area (Å²) in [6.07, 6.45) is 3.55. The van der Waals surface area contributed by atoms with Crippen molar-refractivity contribution in [2.45, 2.75) is 45.0 Å². The third kappa shape index (κ3) is 1.76. The summed E-state index contributed by atoms with van der Waals surface area (Å²) in [6, 6.07) is 0. The molecule has 13 heavy (non-hydrogen) atoms. The van der Waals surface area contributed by atoms with Crippen molar-refractivity contribution in [3.63, 3.8) is 0 Å². The van der Waals surface area contributed by atoms with Crippen LogP contribution in [0.25, 0.3) is 0 Å². The zero-order valence-electron chi connectivity index (χ0n) is 7.99. The highest BCUT2D eigenvalue weighted by atomic mass is 16.7.